The fourth-order valence-electron chi connectivity index (χ4n) is 3.19. The minimum atomic E-state index is -3.70. The predicted octanol–water partition coefficient (Wildman–Crippen LogP) is 3.94. The molecule has 1 N–H and O–H groups in total. The molecular weight excluding hydrogens is 396 g/mol. The Kier molecular flexibility index (Phi) is 6.78. The van der Waals surface area contributed by atoms with E-state index in [1.165, 1.54) is 0 Å². The van der Waals surface area contributed by atoms with Crippen LogP contribution in [-0.4, -0.2) is 32.2 Å². The van der Waals surface area contributed by atoms with E-state index in [1.807, 2.05) is 44.2 Å². The normalized spacial score (nSPS) is 13.1. The van der Waals surface area contributed by atoms with Gasteiger partial charge >= 0.3 is 0 Å². The highest BCUT2D eigenvalue weighted by Gasteiger charge is 2.33. The molecule has 28 heavy (non-hydrogen) atoms. The van der Waals surface area contributed by atoms with E-state index in [9.17, 15) is 13.2 Å². The molecule has 2 rings (SSSR count). The highest BCUT2D eigenvalue weighted by Crippen LogP contribution is 2.28. The van der Waals surface area contributed by atoms with Crippen LogP contribution in [0, 0.1) is 6.92 Å². The lowest BCUT2D eigenvalue weighted by Gasteiger charge is -2.33. The third kappa shape index (κ3) is 5.72. The zero-order valence-electron chi connectivity index (χ0n) is 16.9. The average molecular weight is 423 g/mol. The summed E-state index contributed by atoms with van der Waals surface area (Å²) in [5.41, 5.74) is 1.67. The summed E-state index contributed by atoms with van der Waals surface area (Å²) in [6.07, 6.45) is 1.72. The molecule has 5 nitrogen and oxygen atoms in total. The van der Waals surface area contributed by atoms with Crippen molar-refractivity contribution in [3.05, 3.63) is 64.7 Å². The third-order valence-electron chi connectivity index (χ3n) is 4.45. The molecule has 0 unspecified atom stereocenters. The molecule has 7 heteroatoms. The first kappa shape index (κ1) is 22.2. The van der Waals surface area contributed by atoms with Gasteiger partial charge in [-0.05, 0) is 57.4 Å². The largest absolute Gasteiger partial charge is 0.349 e. The summed E-state index contributed by atoms with van der Waals surface area (Å²) >= 11 is 6.07. The average Bonchev–Trinajstić information content (AvgIpc) is 2.57. The fourth-order valence-corrected chi connectivity index (χ4v) is 4.58. The molecule has 152 valence electrons. The van der Waals surface area contributed by atoms with Gasteiger partial charge in [-0.3, -0.25) is 9.10 Å². The number of sulfonamides is 1. The number of carbonyl (C=O) groups is 1. The number of anilines is 1. The van der Waals surface area contributed by atoms with Crippen LogP contribution in [-0.2, 0) is 21.2 Å². The minimum absolute atomic E-state index is 0.370. The van der Waals surface area contributed by atoms with E-state index in [0.717, 1.165) is 21.7 Å². The first-order chi connectivity index (χ1) is 12.9. The molecule has 0 fully saturated rings. The van der Waals surface area contributed by atoms with Gasteiger partial charge in [-0.2, -0.15) is 0 Å². The van der Waals surface area contributed by atoms with Crippen molar-refractivity contribution in [2.24, 2.45) is 0 Å². The number of aryl methyl sites for hydroxylation is 1. The molecule has 0 radical (unpaired) electrons. The molecule has 0 aliphatic carbocycles. The van der Waals surface area contributed by atoms with Crippen molar-refractivity contribution in [1.29, 1.82) is 0 Å². The van der Waals surface area contributed by atoms with E-state index in [0.29, 0.717) is 17.1 Å². The van der Waals surface area contributed by atoms with Gasteiger partial charge in [0.05, 0.1) is 11.9 Å². The molecular formula is C21H27ClN2O3S. The van der Waals surface area contributed by atoms with E-state index < -0.39 is 21.6 Å². The second-order valence-corrected chi connectivity index (χ2v) is 10.00. The maximum absolute atomic E-state index is 13.0. The van der Waals surface area contributed by atoms with Crippen molar-refractivity contribution in [1.82, 2.24) is 5.32 Å². The Labute approximate surface area is 172 Å². The molecule has 0 bridgehead atoms. The van der Waals surface area contributed by atoms with Gasteiger partial charge in [-0.15, -0.1) is 0 Å². The summed E-state index contributed by atoms with van der Waals surface area (Å²) in [6, 6.07) is 13.9. The van der Waals surface area contributed by atoms with Gasteiger partial charge in [0.15, 0.2) is 0 Å². The SMILES string of the molecule is Cc1ccc(Cl)cc1N([C@@H](C)C(=O)NC(C)(C)Cc1ccccc1)S(C)(=O)=O. The van der Waals surface area contributed by atoms with Gasteiger partial charge in [-0.1, -0.05) is 48.0 Å². The summed E-state index contributed by atoms with van der Waals surface area (Å²) < 4.78 is 26.1. The van der Waals surface area contributed by atoms with Crippen LogP contribution in [0.15, 0.2) is 48.5 Å². The molecule has 2 aromatic rings. The second kappa shape index (κ2) is 8.53. The molecule has 1 atom stereocenters. The monoisotopic (exact) mass is 422 g/mol. The zero-order chi connectivity index (χ0) is 21.1. The van der Waals surface area contributed by atoms with Gasteiger partial charge < -0.3 is 5.32 Å². The molecule has 0 aliphatic heterocycles. The number of rotatable bonds is 7. The Morgan fingerprint density at radius 2 is 1.79 bits per heavy atom. The molecule has 0 saturated heterocycles. The fraction of sp³-hybridized carbons (Fsp3) is 0.381. The van der Waals surface area contributed by atoms with Gasteiger partial charge in [0.2, 0.25) is 15.9 Å². The van der Waals surface area contributed by atoms with E-state index in [2.05, 4.69) is 5.32 Å². The Bertz CT molecular complexity index is 943. The lowest BCUT2D eigenvalue weighted by molar-refractivity contribution is -0.123. The van der Waals surface area contributed by atoms with Crippen LogP contribution in [0.25, 0.3) is 0 Å². The number of hydrogen-bond acceptors (Lipinski definition) is 3. The molecule has 0 spiro atoms. The van der Waals surface area contributed by atoms with E-state index >= 15 is 0 Å². The molecule has 0 aromatic heterocycles. The van der Waals surface area contributed by atoms with Crippen LogP contribution in [0.3, 0.4) is 0 Å². The van der Waals surface area contributed by atoms with Crippen molar-refractivity contribution >= 4 is 33.2 Å². The van der Waals surface area contributed by atoms with Gasteiger partial charge in [-0.25, -0.2) is 8.42 Å². The van der Waals surface area contributed by atoms with Gasteiger partial charge in [0.1, 0.15) is 6.04 Å². The predicted molar refractivity (Wildman–Crippen MR) is 115 cm³/mol. The van der Waals surface area contributed by atoms with E-state index in [-0.39, 0.29) is 5.91 Å². The zero-order valence-corrected chi connectivity index (χ0v) is 18.4. The number of halogens is 1. The van der Waals surface area contributed by atoms with E-state index in [4.69, 9.17) is 11.6 Å². The van der Waals surface area contributed by atoms with Crippen LogP contribution in [0.2, 0.25) is 5.02 Å². The third-order valence-corrected chi connectivity index (χ3v) is 5.91. The van der Waals surface area contributed by atoms with E-state index in [1.54, 1.807) is 32.0 Å². The Hall–Kier alpha value is -2.05. The van der Waals surface area contributed by atoms with Crippen molar-refractivity contribution in [2.75, 3.05) is 10.6 Å². The highest BCUT2D eigenvalue weighted by molar-refractivity contribution is 7.92. The molecule has 0 aliphatic rings. The van der Waals surface area contributed by atoms with Crippen LogP contribution >= 0.6 is 11.6 Å². The lowest BCUT2D eigenvalue weighted by Crippen LogP contribution is -2.54. The second-order valence-electron chi connectivity index (χ2n) is 7.70. The lowest BCUT2D eigenvalue weighted by atomic mass is 9.94. The van der Waals surface area contributed by atoms with Crippen LogP contribution in [0.5, 0.6) is 0 Å². The van der Waals surface area contributed by atoms with Gasteiger partial charge in [0.25, 0.3) is 0 Å². The Morgan fingerprint density at radius 1 is 1.18 bits per heavy atom. The molecule has 0 saturated carbocycles. The number of hydrogen-bond donors (Lipinski definition) is 1. The summed E-state index contributed by atoms with van der Waals surface area (Å²) in [5, 5.41) is 3.39. The number of amides is 1. The topological polar surface area (TPSA) is 66.5 Å². The van der Waals surface area contributed by atoms with Crippen molar-refractivity contribution in [2.45, 2.75) is 45.7 Å². The minimum Gasteiger partial charge on any atom is -0.349 e. The maximum Gasteiger partial charge on any atom is 0.244 e. The standard InChI is InChI=1S/C21H27ClN2O3S/c1-15-11-12-18(22)13-19(15)24(28(5,26)27)16(2)20(25)23-21(3,4)14-17-9-7-6-8-10-17/h6-13,16H,14H2,1-5H3,(H,23,25)/t16-/m0/s1. The Morgan fingerprint density at radius 3 is 2.36 bits per heavy atom. The highest BCUT2D eigenvalue weighted by atomic mass is 35.5. The summed E-state index contributed by atoms with van der Waals surface area (Å²) in [6.45, 7) is 7.20. The first-order valence-electron chi connectivity index (χ1n) is 9.02. The van der Waals surface area contributed by atoms with Crippen LogP contribution in [0.1, 0.15) is 31.9 Å². The summed E-state index contributed by atoms with van der Waals surface area (Å²) in [7, 11) is -3.70. The van der Waals surface area contributed by atoms with Crippen molar-refractivity contribution < 1.29 is 13.2 Å². The number of nitrogens with one attached hydrogen (secondary N) is 1. The number of nitrogens with zero attached hydrogens (tertiary/aromatic N) is 1. The maximum atomic E-state index is 13.0. The van der Waals surface area contributed by atoms with Gasteiger partial charge in [0, 0.05) is 10.6 Å². The van der Waals surface area contributed by atoms with Crippen molar-refractivity contribution in [3.63, 3.8) is 0 Å². The van der Waals surface area contributed by atoms with Crippen LogP contribution < -0.4 is 9.62 Å². The molecule has 2 aromatic carbocycles. The smallest absolute Gasteiger partial charge is 0.244 e. The molecule has 1 amide bonds. The van der Waals surface area contributed by atoms with Crippen molar-refractivity contribution in [3.8, 4) is 0 Å². The quantitative estimate of drug-likeness (QED) is 0.734. The number of carbonyl (C=O) groups excluding carboxylic acids is 1. The summed E-state index contributed by atoms with van der Waals surface area (Å²) in [5.74, 6) is -0.370. The van der Waals surface area contributed by atoms with Crippen LogP contribution in [0.4, 0.5) is 5.69 Å². The summed E-state index contributed by atoms with van der Waals surface area (Å²) in [4.78, 5) is 13.0. The molecule has 0 heterocycles. The number of benzene rings is 2. The first-order valence-corrected chi connectivity index (χ1v) is 11.2. The Balaban J connectivity index is 2.28.